The van der Waals surface area contributed by atoms with E-state index in [0.29, 0.717) is 0 Å². The zero-order chi connectivity index (χ0) is 7.94. The maximum Gasteiger partial charge on any atom is -0.00898 e. The van der Waals surface area contributed by atoms with Crippen LogP contribution in [0.5, 0.6) is 0 Å². The minimum Gasteiger partial charge on any atom is -0.0651 e. The Labute approximate surface area is 69.3 Å². The zero-order valence-electron chi connectivity index (χ0n) is 6.88. The van der Waals surface area contributed by atoms with Crippen LogP contribution in [0.3, 0.4) is 0 Å². The van der Waals surface area contributed by atoms with E-state index in [1.54, 1.807) is 0 Å². The van der Waals surface area contributed by atoms with Crippen LogP contribution in [-0.2, 0) is 6.42 Å². The molecule has 1 aromatic carbocycles. The molecule has 0 saturated carbocycles. The third kappa shape index (κ3) is 3.22. The van der Waals surface area contributed by atoms with Gasteiger partial charge in [0.2, 0.25) is 0 Å². The molecule has 11 heavy (non-hydrogen) atoms. The summed E-state index contributed by atoms with van der Waals surface area (Å²) in [6.07, 6.45) is 7.32. The number of hydrogen-bond donors (Lipinski definition) is 0. The molecule has 3 radical (unpaired) electrons. The second-order valence-corrected chi connectivity index (χ2v) is 2.48. The predicted molar refractivity (Wildman–Crippen MR) is 48.0 cm³/mol. The Morgan fingerprint density at radius 2 is 2.00 bits per heavy atom. The van der Waals surface area contributed by atoms with Gasteiger partial charge in [-0.25, -0.2) is 0 Å². The Morgan fingerprint density at radius 1 is 1.27 bits per heavy atom. The molecule has 0 saturated heterocycles. The van der Waals surface area contributed by atoms with Gasteiger partial charge < -0.3 is 0 Å². The lowest BCUT2D eigenvalue weighted by atomic mass is 10.1. The van der Waals surface area contributed by atoms with E-state index < -0.39 is 0 Å². The second kappa shape index (κ2) is 4.95. The highest BCUT2D eigenvalue weighted by Gasteiger charge is 1.90. The van der Waals surface area contributed by atoms with Crippen molar-refractivity contribution < 1.29 is 0 Å². The van der Waals surface area contributed by atoms with Crippen LogP contribution in [0, 0.1) is 12.8 Å². The van der Waals surface area contributed by atoms with Gasteiger partial charge in [0.15, 0.2) is 0 Å². The van der Waals surface area contributed by atoms with Crippen LogP contribution in [0.15, 0.2) is 30.3 Å². The zero-order valence-corrected chi connectivity index (χ0v) is 6.88. The van der Waals surface area contributed by atoms with Crippen LogP contribution in [-0.4, -0.2) is 0 Å². The Balaban J connectivity index is 2.28. The minimum absolute atomic E-state index is 0.939. The lowest BCUT2D eigenvalue weighted by Gasteiger charge is -1.97. The van der Waals surface area contributed by atoms with Gasteiger partial charge in [0.25, 0.3) is 0 Å². The molecule has 0 fully saturated rings. The Kier molecular flexibility index (Phi) is 3.74. The molecule has 0 nitrogen and oxygen atoms in total. The number of benzene rings is 1. The highest BCUT2D eigenvalue weighted by Crippen LogP contribution is 2.03. The summed E-state index contributed by atoms with van der Waals surface area (Å²) in [6, 6.07) is 10.4. The van der Waals surface area contributed by atoms with Gasteiger partial charge in [-0.05, 0) is 24.8 Å². The van der Waals surface area contributed by atoms with Crippen molar-refractivity contribution in [1.82, 2.24) is 0 Å². The van der Waals surface area contributed by atoms with Gasteiger partial charge in [0.05, 0.1) is 0 Å². The van der Waals surface area contributed by atoms with Crippen molar-refractivity contribution in [2.24, 2.45) is 0 Å². The maximum absolute atomic E-state index is 3.23. The lowest BCUT2D eigenvalue weighted by Crippen LogP contribution is -1.85. The van der Waals surface area contributed by atoms with Crippen LogP contribution < -0.4 is 0 Å². The number of unbranched alkanes of at least 4 members (excludes halogenated alkanes) is 2. The Morgan fingerprint density at radius 3 is 2.64 bits per heavy atom. The molecule has 0 aliphatic rings. The molecule has 1 rings (SSSR count). The van der Waals surface area contributed by atoms with E-state index in [9.17, 15) is 0 Å². The first-order chi connectivity index (χ1) is 5.43. The number of hydrogen-bond acceptors (Lipinski definition) is 0. The van der Waals surface area contributed by atoms with Gasteiger partial charge in [-0.1, -0.05) is 43.7 Å². The van der Waals surface area contributed by atoms with Crippen LogP contribution in [0.4, 0.5) is 0 Å². The smallest absolute Gasteiger partial charge is 0.00898 e. The second-order valence-electron chi connectivity index (χ2n) is 2.48. The molecule has 1 aromatic rings. The molecule has 0 aliphatic carbocycles. The molecule has 0 amide bonds. The van der Waals surface area contributed by atoms with E-state index in [0.717, 1.165) is 12.8 Å². The summed E-state index contributed by atoms with van der Waals surface area (Å²) in [5.41, 5.74) is 1.33. The van der Waals surface area contributed by atoms with Crippen LogP contribution in [0.2, 0.25) is 0 Å². The molecule has 0 aliphatic heterocycles. The third-order valence-corrected chi connectivity index (χ3v) is 1.50. The SMILES string of the molecule is CC[CH][C]Cc1ccccc1. The predicted octanol–water partition coefficient (Wildman–Crippen LogP) is 2.92. The lowest BCUT2D eigenvalue weighted by molar-refractivity contribution is 1.04. The third-order valence-electron chi connectivity index (χ3n) is 1.50. The molecule has 0 spiro atoms. The molecule has 0 atom stereocenters. The summed E-state index contributed by atoms with van der Waals surface area (Å²) in [7, 11) is 0. The molecule has 0 bridgehead atoms. The first kappa shape index (κ1) is 8.32. The normalized spacial score (nSPS) is 9.91. The quantitative estimate of drug-likeness (QED) is 0.571. The summed E-state index contributed by atoms with van der Waals surface area (Å²) in [4.78, 5) is 0. The average molecular weight is 145 g/mol. The van der Waals surface area contributed by atoms with Crippen molar-refractivity contribution in [1.29, 1.82) is 0 Å². The van der Waals surface area contributed by atoms with Gasteiger partial charge in [0, 0.05) is 0 Å². The Bertz CT molecular complexity index is 176. The fourth-order valence-electron chi connectivity index (χ4n) is 0.930. The highest BCUT2D eigenvalue weighted by atomic mass is 13.9. The summed E-state index contributed by atoms with van der Waals surface area (Å²) < 4.78 is 0. The van der Waals surface area contributed by atoms with Gasteiger partial charge >= 0.3 is 0 Å². The van der Waals surface area contributed by atoms with Crippen LogP contribution in [0.25, 0.3) is 0 Å². The molecular formula is C11H13. The van der Waals surface area contributed by atoms with Crippen LogP contribution >= 0.6 is 0 Å². The first-order valence-electron chi connectivity index (χ1n) is 4.02. The summed E-state index contributed by atoms with van der Waals surface area (Å²) in [5.74, 6) is 0. The molecule has 57 valence electrons. The van der Waals surface area contributed by atoms with E-state index in [1.165, 1.54) is 5.56 Å². The molecule has 0 N–H and O–H groups in total. The summed E-state index contributed by atoms with van der Waals surface area (Å²) >= 11 is 0. The monoisotopic (exact) mass is 145 g/mol. The Hall–Kier alpha value is -0.780. The fourth-order valence-corrected chi connectivity index (χ4v) is 0.930. The summed E-state index contributed by atoms with van der Waals surface area (Å²) in [5, 5.41) is 0. The molecule has 0 heterocycles. The van der Waals surface area contributed by atoms with Crippen molar-refractivity contribution in [2.75, 3.05) is 0 Å². The van der Waals surface area contributed by atoms with Gasteiger partial charge in [-0.15, -0.1) is 0 Å². The largest absolute Gasteiger partial charge is 0.0651 e. The summed E-state index contributed by atoms with van der Waals surface area (Å²) in [6.45, 7) is 2.12. The van der Waals surface area contributed by atoms with Gasteiger partial charge in [0.1, 0.15) is 0 Å². The molecule has 0 heteroatoms. The highest BCUT2D eigenvalue weighted by molar-refractivity contribution is 5.17. The van der Waals surface area contributed by atoms with Crippen molar-refractivity contribution in [3.8, 4) is 0 Å². The van der Waals surface area contributed by atoms with E-state index in [-0.39, 0.29) is 0 Å². The van der Waals surface area contributed by atoms with Gasteiger partial charge in [-0.2, -0.15) is 0 Å². The maximum atomic E-state index is 3.23. The van der Waals surface area contributed by atoms with E-state index in [2.05, 4.69) is 44.0 Å². The van der Waals surface area contributed by atoms with Crippen molar-refractivity contribution in [3.05, 3.63) is 48.7 Å². The first-order valence-corrected chi connectivity index (χ1v) is 4.02. The topological polar surface area (TPSA) is 0 Å². The molecule has 0 unspecified atom stereocenters. The molecular weight excluding hydrogens is 132 g/mol. The standard InChI is InChI=1S/C11H13/c1-2-3-5-8-11-9-6-4-7-10-11/h3-4,6-7,9-10H,2,8H2,1H3. The van der Waals surface area contributed by atoms with Crippen molar-refractivity contribution in [3.63, 3.8) is 0 Å². The minimum atomic E-state index is 0.939. The van der Waals surface area contributed by atoms with E-state index in [1.807, 2.05) is 6.07 Å². The van der Waals surface area contributed by atoms with E-state index >= 15 is 0 Å². The number of rotatable bonds is 4. The fraction of sp³-hybridized carbons (Fsp3) is 0.273. The van der Waals surface area contributed by atoms with E-state index in [4.69, 9.17) is 0 Å². The molecule has 0 aromatic heterocycles. The van der Waals surface area contributed by atoms with Crippen LogP contribution in [0.1, 0.15) is 18.9 Å². The average Bonchev–Trinajstić information content (AvgIpc) is 2.07. The van der Waals surface area contributed by atoms with Crippen molar-refractivity contribution in [2.45, 2.75) is 19.8 Å². The van der Waals surface area contributed by atoms with Gasteiger partial charge in [-0.3, -0.25) is 0 Å². The van der Waals surface area contributed by atoms with Crippen molar-refractivity contribution >= 4 is 0 Å².